The van der Waals surface area contributed by atoms with Crippen LogP contribution in [0.2, 0.25) is 0 Å². The lowest BCUT2D eigenvalue weighted by atomic mass is 9.93. The van der Waals surface area contributed by atoms with Gasteiger partial charge >= 0.3 is 5.69 Å². The van der Waals surface area contributed by atoms with Crippen LogP contribution in [0.4, 0.5) is 0 Å². The van der Waals surface area contributed by atoms with Crippen molar-refractivity contribution in [2.24, 2.45) is 5.41 Å². The minimum atomic E-state index is -0.327. The molecule has 0 aliphatic carbocycles. The second kappa shape index (κ2) is 5.41. The molecule has 0 saturated carbocycles. The van der Waals surface area contributed by atoms with Gasteiger partial charge in [-0.15, -0.1) is 5.10 Å². The molecule has 1 N–H and O–H groups in total. The van der Waals surface area contributed by atoms with E-state index in [1.807, 2.05) is 27.7 Å². The third-order valence-electron chi connectivity index (χ3n) is 2.45. The van der Waals surface area contributed by atoms with E-state index in [0.29, 0.717) is 5.16 Å². The monoisotopic (exact) mass is 254 g/mol. The lowest BCUT2D eigenvalue weighted by Gasteiger charge is -2.14. The predicted molar refractivity (Wildman–Crippen MR) is 68.0 cm³/mol. The molecular weight excluding hydrogens is 236 g/mol. The quantitative estimate of drug-likeness (QED) is 0.817. The van der Waals surface area contributed by atoms with Crippen molar-refractivity contribution in [3.63, 3.8) is 0 Å². The summed E-state index contributed by atoms with van der Waals surface area (Å²) in [7, 11) is 0. The summed E-state index contributed by atoms with van der Waals surface area (Å²) < 4.78 is 1.63. The fourth-order valence-corrected chi connectivity index (χ4v) is 2.64. The molecule has 0 saturated heterocycles. The molecule has 94 valence electrons. The number of aromatic nitrogens is 3. The highest BCUT2D eigenvalue weighted by Gasteiger charge is 2.18. The van der Waals surface area contributed by atoms with Crippen molar-refractivity contribution in [1.29, 1.82) is 5.26 Å². The van der Waals surface area contributed by atoms with Gasteiger partial charge in [-0.05, 0) is 34.1 Å². The third-order valence-corrected chi connectivity index (χ3v) is 3.40. The molecule has 6 heteroatoms. The lowest BCUT2D eigenvalue weighted by molar-refractivity contribution is 0.481. The molecular formula is C11H18N4OS. The van der Waals surface area contributed by atoms with Gasteiger partial charge in [0.05, 0.1) is 11.5 Å². The first-order valence-corrected chi connectivity index (χ1v) is 6.57. The number of nitrogens with one attached hydrogen (secondary N) is 1. The van der Waals surface area contributed by atoms with E-state index in [2.05, 4.69) is 16.3 Å². The number of hydrogen-bond donors (Lipinski definition) is 1. The molecule has 1 aromatic heterocycles. The van der Waals surface area contributed by atoms with Crippen molar-refractivity contribution >= 4 is 11.8 Å². The Balaban J connectivity index is 2.66. The zero-order chi connectivity index (χ0) is 13.1. The van der Waals surface area contributed by atoms with E-state index in [9.17, 15) is 4.79 Å². The summed E-state index contributed by atoms with van der Waals surface area (Å²) in [5.41, 5.74) is -0.506. The number of thioether (sulfide) groups is 1. The molecule has 0 atom stereocenters. The fourth-order valence-electron chi connectivity index (χ4n) is 1.30. The summed E-state index contributed by atoms with van der Waals surface area (Å²) in [5, 5.41) is 16.0. The third kappa shape index (κ3) is 3.63. The normalized spacial score (nSPS) is 11.8. The highest BCUT2D eigenvalue weighted by molar-refractivity contribution is 7.99. The van der Waals surface area contributed by atoms with E-state index in [-0.39, 0.29) is 17.1 Å². The molecule has 0 unspecified atom stereocenters. The van der Waals surface area contributed by atoms with Crippen LogP contribution in [-0.2, 0) is 0 Å². The average Bonchev–Trinajstić information content (AvgIpc) is 2.59. The predicted octanol–water partition coefficient (Wildman–Crippen LogP) is 2.18. The van der Waals surface area contributed by atoms with E-state index >= 15 is 0 Å². The Kier molecular flexibility index (Phi) is 4.40. The van der Waals surface area contributed by atoms with Gasteiger partial charge in [0.1, 0.15) is 0 Å². The minimum absolute atomic E-state index is 0.0905. The van der Waals surface area contributed by atoms with E-state index in [0.717, 1.165) is 12.2 Å². The van der Waals surface area contributed by atoms with Crippen LogP contribution in [0, 0.1) is 16.7 Å². The molecule has 5 nitrogen and oxygen atoms in total. The maximum Gasteiger partial charge on any atom is 0.344 e. The first kappa shape index (κ1) is 13.8. The highest BCUT2D eigenvalue weighted by Crippen LogP contribution is 2.25. The maximum atomic E-state index is 11.5. The standard InChI is InChI=1S/C11H18N4OS/c1-8(2)15-9(16)13-14-10(15)17-6-5-11(3,4)7-12/h8H,5-6H2,1-4H3,(H,13,16). The molecule has 1 aromatic rings. The van der Waals surface area contributed by atoms with Gasteiger partial charge in [0.2, 0.25) is 0 Å². The highest BCUT2D eigenvalue weighted by atomic mass is 32.2. The van der Waals surface area contributed by atoms with Gasteiger partial charge < -0.3 is 0 Å². The number of aromatic amines is 1. The van der Waals surface area contributed by atoms with Crippen molar-refractivity contribution in [3.8, 4) is 6.07 Å². The fraction of sp³-hybridized carbons (Fsp3) is 0.727. The van der Waals surface area contributed by atoms with Crippen molar-refractivity contribution in [1.82, 2.24) is 14.8 Å². The summed E-state index contributed by atoms with van der Waals surface area (Å²) in [6.45, 7) is 7.71. The van der Waals surface area contributed by atoms with Crippen LogP contribution in [0.25, 0.3) is 0 Å². The van der Waals surface area contributed by atoms with Crippen molar-refractivity contribution < 1.29 is 0 Å². The first-order chi connectivity index (χ1) is 7.87. The largest absolute Gasteiger partial charge is 0.344 e. The number of hydrogen-bond acceptors (Lipinski definition) is 4. The zero-order valence-electron chi connectivity index (χ0n) is 10.6. The Morgan fingerprint density at radius 2 is 2.24 bits per heavy atom. The van der Waals surface area contributed by atoms with Gasteiger partial charge in [-0.3, -0.25) is 4.57 Å². The molecule has 1 rings (SSSR count). The second-order valence-electron chi connectivity index (χ2n) is 4.87. The van der Waals surface area contributed by atoms with E-state index in [1.54, 1.807) is 4.57 Å². The van der Waals surface area contributed by atoms with Crippen molar-refractivity contribution in [3.05, 3.63) is 10.5 Å². The van der Waals surface area contributed by atoms with E-state index < -0.39 is 0 Å². The van der Waals surface area contributed by atoms with Crippen LogP contribution in [0.5, 0.6) is 0 Å². The Morgan fingerprint density at radius 3 is 2.76 bits per heavy atom. The van der Waals surface area contributed by atoms with Crippen LogP contribution in [0.15, 0.2) is 9.95 Å². The van der Waals surface area contributed by atoms with Gasteiger partial charge in [-0.25, -0.2) is 9.89 Å². The number of nitriles is 1. The van der Waals surface area contributed by atoms with E-state index in [4.69, 9.17) is 5.26 Å². The van der Waals surface area contributed by atoms with Crippen LogP contribution < -0.4 is 5.69 Å². The Morgan fingerprint density at radius 1 is 1.59 bits per heavy atom. The number of rotatable bonds is 5. The van der Waals surface area contributed by atoms with Crippen molar-refractivity contribution in [2.45, 2.75) is 45.3 Å². The zero-order valence-corrected chi connectivity index (χ0v) is 11.5. The Labute approximate surface area is 105 Å². The van der Waals surface area contributed by atoms with Crippen LogP contribution in [-0.4, -0.2) is 20.5 Å². The molecule has 17 heavy (non-hydrogen) atoms. The average molecular weight is 254 g/mol. The Bertz CT molecular complexity index is 467. The second-order valence-corrected chi connectivity index (χ2v) is 5.93. The minimum Gasteiger partial charge on any atom is -0.268 e. The van der Waals surface area contributed by atoms with Gasteiger partial charge in [0.25, 0.3) is 0 Å². The molecule has 1 heterocycles. The summed E-state index contributed by atoms with van der Waals surface area (Å²) in [4.78, 5) is 11.5. The topological polar surface area (TPSA) is 74.5 Å². The molecule has 0 aromatic carbocycles. The smallest absolute Gasteiger partial charge is 0.268 e. The number of nitrogens with zero attached hydrogens (tertiary/aromatic N) is 3. The number of H-pyrrole nitrogens is 1. The van der Waals surface area contributed by atoms with Gasteiger partial charge in [0, 0.05) is 11.8 Å². The summed E-state index contributed by atoms with van der Waals surface area (Å²) >= 11 is 1.51. The molecule has 0 bridgehead atoms. The summed E-state index contributed by atoms with van der Waals surface area (Å²) in [6.07, 6.45) is 0.771. The molecule has 0 aliphatic rings. The van der Waals surface area contributed by atoms with Gasteiger partial charge in [0.15, 0.2) is 5.16 Å². The lowest BCUT2D eigenvalue weighted by Crippen LogP contribution is -2.19. The Hall–Kier alpha value is -1.22. The molecule has 0 aliphatic heterocycles. The van der Waals surface area contributed by atoms with E-state index in [1.165, 1.54) is 11.8 Å². The summed E-state index contributed by atoms with van der Waals surface area (Å²) in [5.74, 6) is 0.775. The van der Waals surface area contributed by atoms with Crippen molar-refractivity contribution in [2.75, 3.05) is 5.75 Å². The molecule has 0 amide bonds. The first-order valence-electron chi connectivity index (χ1n) is 5.58. The molecule has 0 spiro atoms. The summed E-state index contributed by atoms with van der Waals surface area (Å²) in [6, 6.07) is 2.35. The van der Waals surface area contributed by atoms with Gasteiger partial charge in [-0.1, -0.05) is 11.8 Å². The van der Waals surface area contributed by atoms with Gasteiger partial charge in [-0.2, -0.15) is 5.26 Å². The van der Waals surface area contributed by atoms with Crippen LogP contribution in [0.1, 0.15) is 40.2 Å². The SMILES string of the molecule is CC(C)n1c(SCCC(C)(C)C#N)n[nH]c1=O. The maximum absolute atomic E-state index is 11.5. The van der Waals surface area contributed by atoms with Crippen LogP contribution >= 0.6 is 11.8 Å². The molecule has 0 fully saturated rings. The molecule has 0 radical (unpaired) electrons. The van der Waals surface area contributed by atoms with Crippen LogP contribution in [0.3, 0.4) is 0 Å².